The van der Waals surface area contributed by atoms with Crippen molar-refractivity contribution in [1.29, 1.82) is 0 Å². The molecule has 0 saturated carbocycles. The first-order valence-electron chi connectivity index (χ1n) is 6.54. The van der Waals surface area contributed by atoms with Crippen molar-refractivity contribution < 1.29 is 0 Å². The van der Waals surface area contributed by atoms with Gasteiger partial charge in [0.1, 0.15) is 0 Å². The van der Waals surface area contributed by atoms with Gasteiger partial charge >= 0.3 is 0 Å². The number of anilines is 1. The lowest BCUT2D eigenvalue weighted by Crippen LogP contribution is -2.37. The van der Waals surface area contributed by atoms with Crippen LogP contribution in [-0.4, -0.2) is 8.07 Å². The van der Waals surface area contributed by atoms with Gasteiger partial charge < -0.3 is 5.32 Å². The predicted molar refractivity (Wildman–Crippen MR) is 95.9 cm³/mol. The molecule has 19 heavy (non-hydrogen) atoms. The maximum atomic E-state index is 3.45. The van der Waals surface area contributed by atoms with E-state index in [0.29, 0.717) is 0 Å². The van der Waals surface area contributed by atoms with Crippen molar-refractivity contribution in [2.24, 2.45) is 0 Å². The third-order valence-electron chi connectivity index (χ3n) is 3.16. The molecule has 100 valence electrons. The average molecular weight is 381 g/mol. The van der Waals surface area contributed by atoms with E-state index in [1.54, 1.807) is 0 Å². The van der Waals surface area contributed by atoms with Crippen LogP contribution in [0.4, 0.5) is 5.69 Å². The van der Waals surface area contributed by atoms with Crippen LogP contribution >= 0.6 is 22.6 Å². The number of hydrogen-bond donors (Lipinski definition) is 1. The topological polar surface area (TPSA) is 12.0 Å². The normalized spacial score (nSPS) is 11.4. The summed E-state index contributed by atoms with van der Waals surface area (Å²) in [5.74, 6) is 0. The van der Waals surface area contributed by atoms with E-state index in [-0.39, 0.29) is 0 Å². The Hall–Kier alpha value is -0.813. The minimum Gasteiger partial charge on any atom is -0.381 e. The van der Waals surface area contributed by atoms with Crippen LogP contribution in [0.25, 0.3) is 0 Å². The molecule has 0 aliphatic carbocycles. The highest BCUT2D eigenvalue weighted by atomic mass is 127. The Bertz CT molecular complexity index is 526. The highest BCUT2D eigenvalue weighted by molar-refractivity contribution is 14.1. The molecule has 0 atom stereocenters. The fraction of sp³-hybridized carbons (Fsp3) is 0.250. The highest BCUT2D eigenvalue weighted by Crippen LogP contribution is 2.12. The van der Waals surface area contributed by atoms with Crippen molar-refractivity contribution in [3.63, 3.8) is 0 Å². The molecule has 0 bridgehead atoms. The van der Waals surface area contributed by atoms with E-state index in [0.717, 1.165) is 6.54 Å². The fourth-order valence-electron chi connectivity index (χ4n) is 1.89. The Kier molecular flexibility index (Phi) is 4.68. The van der Waals surface area contributed by atoms with Gasteiger partial charge in [-0.3, -0.25) is 0 Å². The fourth-order valence-corrected chi connectivity index (χ4v) is 3.42. The first-order valence-corrected chi connectivity index (χ1v) is 11.1. The first-order chi connectivity index (χ1) is 8.95. The summed E-state index contributed by atoms with van der Waals surface area (Å²) in [6, 6.07) is 17.6. The first kappa shape index (κ1) is 14.6. The smallest absolute Gasteiger partial charge is 0.0775 e. The van der Waals surface area contributed by atoms with Crippen molar-refractivity contribution >= 4 is 41.5 Å². The molecule has 0 amide bonds. The molecule has 3 heteroatoms. The Morgan fingerprint density at radius 1 is 0.895 bits per heavy atom. The summed E-state index contributed by atoms with van der Waals surface area (Å²) >= 11 is 2.32. The third kappa shape index (κ3) is 4.35. The van der Waals surface area contributed by atoms with Crippen molar-refractivity contribution in [3.8, 4) is 0 Å². The van der Waals surface area contributed by atoms with Gasteiger partial charge in [0.15, 0.2) is 0 Å². The van der Waals surface area contributed by atoms with Crippen LogP contribution in [0, 0.1) is 3.57 Å². The van der Waals surface area contributed by atoms with E-state index in [9.17, 15) is 0 Å². The Morgan fingerprint density at radius 3 is 2.00 bits per heavy atom. The molecule has 0 aliphatic heterocycles. The lowest BCUT2D eigenvalue weighted by Gasteiger charge is -2.17. The predicted octanol–water partition coefficient (Wildman–Crippen LogP) is 4.45. The van der Waals surface area contributed by atoms with Crippen LogP contribution in [0.5, 0.6) is 0 Å². The molecule has 2 rings (SSSR count). The maximum Gasteiger partial charge on any atom is 0.0775 e. The minimum absolute atomic E-state index is 0.882. The lowest BCUT2D eigenvalue weighted by molar-refractivity contribution is 1.15. The van der Waals surface area contributed by atoms with E-state index in [4.69, 9.17) is 0 Å². The van der Waals surface area contributed by atoms with Gasteiger partial charge in [-0.1, -0.05) is 49.1 Å². The molecule has 0 aromatic heterocycles. The van der Waals surface area contributed by atoms with Crippen LogP contribution in [0.2, 0.25) is 19.6 Å². The summed E-state index contributed by atoms with van der Waals surface area (Å²) in [4.78, 5) is 0. The molecule has 0 radical (unpaired) electrons. The third-order valence-corrected chi connectivity index (χ3v) is 5.95. The van der Waals surface area contributed by atoms with Crippen LogP contribution < -0.4 is 10.5 Å². The van der Waals surface area contributed by atoms with Gasteiger partial charge in [0.05, 0.1) is 8.07 Å². The van der Waals surface area contributed by atoms with Gasteiger partial charge in [0.2, 0.25) is 0 Å². The number of nitrogens with one attached hydrogen (secondary N) is 1. The molecule has 0 aliphatic rings. The molecule has 0 saturated heterocycles. The van der Waals surface area contributed by atoms with Crippen molar-refractivity contribution in [3.05, 3.63) is 57.7 Å². The summed E-state index contributed by atoms with van der Waals surface area (Å²) in [5, 5.41) is 4.97. The van der Waals surface area contributed by atoms with E-state index < -0.39 is 8.07 Å². The molecule has 2 aromatic carbocycles. The van der Waals surface area contributed by atoms with Gasteiger partial charge in [-0.05, 0) is 52.4 Å². The summed E-state index contributed by atoms with van der Waals surface area (Å²) in [5.41, 5.74) is 2.51. The monoisotopic (exact) mass is 381 g/mol. The van der Waals surface area contributed by atoms with Gasteiger partial charge in [-0.15, -0.1) is 0 Å². The van der Waals surface area contributed by atoms with Crippen molar-refractivity contribution in [1.82, 2.24) is 0 Å². The maximum absolute atomic E-state index is 3.45. The van der Waals surface area contributed by atoms with Crippen molar-refractivity contribution in [2.45, 2.75) is 26.2 Å². The average Bonchev–Trinajstić information content (AvgIpc) is 2.37. The molecule has 1 N–H and O–H groups in total. The number of halogens is 1. The molecule has 0 spiro atoms. The molecular weight excluding hydrogens is 361 g/mol. The Labute approximate surface area is 130 Å². The van der Waals surface area contributed by atoms with E-state index >= 15 is 0 Å². The second-order valence-corrected chi connectivity index (χ2v) is 12.1. The lowest BCUT2D eigenvalue weighted by atomic mass is 10.2. The van der Waals surface area contributed by atoms with Crippen LogP contribution in [-0.2, 0) is 6.54 Å². The van der Waals surface area contributed by atoms with Gasteiger partial charge in [-0.25, -0.2) is 0 Å². The Balaban J connectivity index is 1.98. The van der Waals surface area contributed by atoms with Gasteiger partial charge in [-0.2, -0.15) is 0 Å². The van der Waals surface area contributed by atoms with E-state index in [1.165, 1.54) is 20.0 Å². The SMILES string of the molecule is C[Si](C)(C)c1ccc(CNc2ccc(I)cc2)cc1. The summed E-state index contributed by atoms with van der Waals surface area (Å²) in [6.45, 7) is 8.02. The number of benzene rings is 2. The number of rotatable bonds is 4. The zero-order valence-corrected chi connectivity index (χ0v) is 14.9. The molecular formula is C16H20INSi. The summed E-state index contributed by atoms with van der Waals surface area (Å²) in [6.07, 6.45) is 0. The van der Waals surface area contributed by atoms with Crippen LogP contribution in [0.15, 0.2) is 48.5 Å². The molecule has 1 nitrogen and oxygen atoms in total. The number of hydrogen-bond acceptors (Lipinski definition) is 1. The van der Waals surface area contributed by atoms with Crippen LogP contribution in [0.1, 0.15) is 5.56 Å². The van der Waals surface area contributed by atoms with Gasteiger partial charge in [0, 0.05) is 15.8 Å². The molecule has 0 fully saturated rings. The summed E-state index contributed by atoms with van der Waals surface area (Å²) in [7, 11) is -1.17. The standard InChI is InChI=1S/C16H20INSi/c1-19(2,3)16-10-4-13(5-11-16)12-18-15-8-6-14(17)7-9-15/h4-11,18H,12H2,1-3H3. The zero-order chi connectivity index (χ0) is 13.9. The largest absolute Gasteiger partial charge is 0.381 e. The van der Waals surface area contributed by atoms with E-state index in [2.05, 4.69) is 96.1 Å². The highest BCUT2D eigenvalue weighted by Gasteiger charge is 2.15. The molecule has 0 unspecified atom stereocenters. The molecule has 2 aromatic rings. The van der Waals surface area contributed by atoms with Crippen LogP contribution in [0.3, 0.4) is 0 Å². The zero-order valence-electron chi connectivity index (χ0n) is 11.7. The summed E-state index contributed by atoms with van der Waals surface area (Å²) < 4.78 is 1.27. The van der Waals surface area contributed by atoms with Gasteiger partial charge in [0.25, 0.3) is 0 Å². The second kappa shape index (κ2) is 6.09. The Morgan fingerprint density at radius 2 is 1.47 bits per heavy atom. The minimum atomic E-state index is -1.17. The van der Waals surface area contributed by atoms with Crippen molar-refractivity contribution in [2.75, 3.05) is 5.32 Å². The second-order valence-electron chi connectivity index (χ2n) is 5.81. The quantitative estimate of drug-likeness (QED) is 0.610. The van der Waals surface area contributed by atoms with E-state index in [1.807, 2.05) is 0 Å². The molecule has 0 heterocycles.